The van der Waals surface area contributed by atoms with Crippen molar-refractivity contribution in [1.29, 1.82) is 0 Å². The van der Waals surface area contributed by atoms with Crippen molar-refractivity contribution < 1.29 is 13.2 Å². The third-order valence-electron chi connectivity index (χ3n) is 4.99. The van der Waals surface area contributed by atoms with Crippen LogP contribution < -0.4 is 0 Å². The summed E-state index contributed by atoms with van der Waals surface area (Å²) in [5.41, 5.74) is -0.585. The zero-order valence-corrected chi connectivity index (χ0v) is 14.5. The molecule has 0 fully saturated rings. The predicted octanol–water partition coefficient (Wildman–Crippen LogP) is 7.52. The SMILES string of the molecule is CCCCCCCC(C)(CCCCCC)C(C)C(F)(F)F. The number of rotatable bonds is 12. The topological polar surface area (TPSA) is 0 Å². The van der Waals surface area contributed by atoms with E-state index in [0.29, 0.717) is 12.8 Å². The van der Waals surface area contributed by atoms with Crippen LogP contribution in [0.4, 0.5) is 13.2 Å². The first-order valence-corrected chi connectivity index (χ1v) is 8.84. The van der Waals surface area contributed by atoms with Crippen molar-refractivity contribution in [3.63, 3.8) is 0 Å². The molecule has 0 aliphatic carbocycles. The molecule has 0 aliphatic rings. The van der Waals surface area contributed by atoms with E-state index in [9.17, 15) is 13.2 Å². The fraction of sp³-hybridized carbons (Fsp3) is 1.00. The lowest BCUT2D eigenvalue weighted by Crippen LogP contribution is -2.36. The summed E-state index contributed by atoms with van der Waals surface area (Å²) in [6.07, 6.45) is 7.14. The fourth-order valence-corrected chi connectivity index (χ4v) is 3.04. The molecule has 0 radical (unpaired) electrons. The lowest BCUT2D eigenvalue weighted by Gasteiger charge is -2.37. The van der Waals surface area contributed by atoms with Crippen molar-refractivity contribution in [2.24, 2.45) is 11.3 Å². The van der Waals surface area contributed by atoms with Crippen LogP contribution in [0.1, 0.15) is 98.3 Å². The Morgan fingerprint density at radius 3 is 1.48 bits per heavy atom. The maximum atomic E-state index is 13.1. The molecule has 3 heteroatoms. The van der Waals surface area contributed by atoms with E-state index >= 15 is 0 Å². The van der Waals surface area contributed by atoms with Crippen LogP contribution in [0.3, 0.4) is 0 Å². The average molecular weight is 308 g/mol. The van der Waals surface area contributed by atoms with E-state index in [1.807, 2.05) is 6.92 Å². The second kappa shape index (κ2) is 10.5. The number of alkyl halides is 3. The summed E-state index contributed by atoms with van der Waals surface area (Å²) in [4.78, 5) is 0. The molecule has 0 nitrogen and oxygen atoms in total. The zero-order chi connectivity index (χ0) is 16.4. The van der Waals surface area contributed by atoms with E-state index in [1.54, 1.807) is 0 Å². The molecular weight excluding hydrogens is 273 g/mol. The minimum atomic E-state index is -4.07. The summed E-state index contributed by atoms with van der Waals surface area (Å²) in [5, 5.41) is 0. The van der Waals surface area contributed by atoms with Crippen molar-refractivity contribution in [2.75, 3.05) is 0 Å². The van der Waals surface area contributed by atoms with Crippen LogP contribution in [0.2, 0.25) is 0 Å². The molecular formula is C18H35F3. The van der Waals surface area contributed by atoms with Gasteiger partial charge < -0.3 is 0 Å². The number of unbranched alkanes of at least 4 members (excludes halogenated alkanes) is 7. The molecule has 0 N–H and O–H groups in total. The van der Waals surface area contributed by atoms with E-state index < -0.39 is 17.5 Å². The Morgan fingerprint density at radius 2 is 1.10 bits per heavy atom. The van der Waals surface area contributed by atoms with Gasteiger partial charge in [-0.05, 0) is 18.3 Å². The zero-order valence-electron chi connectivity index (χ0n) is 14.5. The predicted molar refractivity (Wildman–Crippen MR) is 85.5 cm³/mol. The first kappa shape index (κ1) is 20.8. The van der Waals surface area contributed by atoms with Crippen LogP contribution in [0.15, 0.2) is 0 Å². The highest BCUT2D eigenvalue weighted by Crippen LogP contribution is 2.46. The second-order valence-corrected chi connectivity index (χ2v) is 6.89. The van der Waals surface area contributed by atoms with Gasteiger partial charge in [0.25, 0.3) is 0 Å². The molecule has 0 heterocycles. The summed E-state index contributed by atoms with van der Waals surface area (Å²) >= 11 is 0. The van der Waals surface area contributed by atoms with Gasteiger partial charge in [0.05, 0.1) is 5.92 Å². The van der Waals surface area contributed by atoms with Crippen LogP contribution in [0.25, 0.3) is 0 Å². The largest absolute Gasteiger partial charge is 0.392 e. The molecule has 0 bridgehead atoms. The normalized spacial score (nSPS) is 16.7. The molecule has 0 saturated carbocycles. The van der Waals surface area contributed by atoms with E-state index in [0.717, 1.165) is 44.9 Å². The number of halogens is 3. The minimum absolute atomic E-state index is 0.585. The Labute approximate surface area is 129 Å². The average Bonchev–Trinajstić information content (AvgIpc) is 2.41. The van der Waals surface area contributed by atoms with Crippen molar-refractivity contribution in [2.45, 2.75) is 105 Å². The van der Waals surface area contributed by atoms with Gasteiger partial charge >= 0.3 is 6.18 Å². The molecule has 0 spiro atoms. The molecule has 0 aromatic rings. The van der Waals surface area contributed by atoms with Crippen molar-refractivity contribution in [1.82, 2.24) is 0 Å². The Hall–Kier alpha value is -0.210. The maximum Gasteiger partial charge on any atom is 0.392 e. The third-order valence-corrected chi connectivity index (χ3v) is 4.99. The molecule has 0 amide bonds. The van der Waals surface area contributed by atoms with Gasteiger partial charge in [-0.3, -0.25) is 0 Å². The molecule has 0 aromatic heterocycles. The smallest absolute Gasteiger partial charge is 0.171 e. The summed E-state index contributed by atoms with van der Waals surface area (Å²) in [5.74, 6) is -1.20. The van der Waals surface area contributed by atoms with Gasteiger partial charge in [0.1, 0.15) is 0 Å². The highest BCUT2D eigenvalue weighted by atomic mass is 19.4. The van der Waals surface area contributed by atoms with E-state index in [4.69, 9.17) is 0 Å². The van der Waals surface area contributed by atoms with Gasteiger partial charge in [-0.1, -0.05) is 85.5 Å². The maximum absolute atomic E-state index is 13.1. The third kappa shape index (κ3) is 8.73. The Bertz CT molecular complexity index is 247. The highest BCUT2D eigenvalue weighted by molar-refractivity contribution is 4.84. The highest BCUT2D eigenvalue weighted by Gasteiger charge is 2.47. The van der Waals surface area contributed by atoms with Crippen LogP contribution in [0.5, 0.6) is 0 Å². The lowest BCUT2D eigenvalue weighted by atomic mass is 9.70. The summed E-state index contributed by atoms with van der Waals surface area (Å²) in [6.45, 7) is 7.53. The first-order chi connectivity index (χ1) is 9.78. The Kier molecular flexibility index (Phi) is 10.4. The second-order valence-electron chi connectivity index (χ2n) is 6.89. The molecule has 0 saturated heterocycles. The monoisotopic (exact) mass is 308 g/mol. The van der Waals surface area contributed by atoms with Gasteiger partial charge in [-0.2, -0.15) is 13.2 Å². The first-order valence-electron chi connectivity index (χ1n) is 8.84. The molecule has 0 aromatic carbocycles. The molecule has 0 rings (SSSR count). The van der Waals surface area contributed by atoms with E-state index in [1.165, 1.54) is 19.8 Å². The van der Waals surface area contributed by atoms with Gasteiger partial charge in [0.2, 0.25) is 0 Å². The number of hydrogen-bond acceptors (Lipinski definition) is 0. The van der Waals surface area contributed by atoms with Gasteiger partial charge in [0, 0.05) is 0 Å². The van der Waals surface area contributed by atoms with Crippen LogP contribution in [-0.2, 0) is 0 Å². The molecule has 2 atom stereocenters. The number of hydrogen-bond donors (Lipinski definition) is 0. The Morgan fingerprint density at radius 1 is 0.714 bits per heavy atom. The van der Waals surface area contributed by atoms with Crippen molar-refractivity contribution in [3.05, 3.63) is 0 Å². The molecule has 21 heavy (non-hydrogen) atoms. The molecule has 0 aliphatic heterocycles. The summed E-state index contributed by atoms with van der Waals surface area (Å²) in [7, 11) is 0. The van der Waals surface area contributed by atoms with E-state index in [2.05, 4.69) is 13.8 Å². The minimum Gasteiger partial charge on any atom is -0.171 e. The van der Waals surface area contributed by atoms with Crippen LogP contribution in [-0.4, -0.2) is 6.18 Å². The van der Waals surface area contributed by atoms with Crippen LogP contribution in [0, 0.1) is 11.3 Å². The van der Waals surface area contributed by atoms with Gasteiger partial charge in [-0.25, -0.2) is 0 Å². The summed E-state index contributed by atoms with van der Waals surface area (Å²) in [6, 6.07) is 0. The van der Waals surface area contributed by atoms with Gasteiger partial charge in [-0.15, -0.1) is 0 Å². The van der Waals surface area contributed by atoms with Crippen LogP contribution >= 0.6 is 0 Å². The fourth-order valence-electron chi connectivity index (χ4n) is 3.04. The Balaban J connectivity index is 4.44. The standard InChI is InChI=1S/C18H35F3/c1-5-7-9-11-13-15-17(4,14-12-10-8-6-2)16(3)18(19,20)21/h16H,5-15H2,1-4H3. The molecule has 128 valence electrons. The van der Waals surface area contributed by atoms with Crippen molar-refractivity contribution >= 4 is 0 Å². The molecule has 2 unspecified atom stereocenters. The van der Waals surface area contributed by atoms with Crippen molar-refractivity contribution in [3.8, 4) is 0 Å². The van der Waals surface area contributed by atoms with Gasteiger partial charge in [0.15, 0.2) is 0 Å². The quantitative estimate of drug-likeness (QED) is 0.327. The lowest BCUT2D eigenvalue weighted by molar-refractivity contribution is -0.202. The van der Waals surface area contributed by atoms with E-state index in [-0.39, 0.29) is 0 Å². The summed E-state index contributed by atoms with van der Waals surface area (Å²) < 4.78 is 39.4.